The maximum Gasteiger partial charge on any atom is 0.303 e. The summed E-state index contributed by atoms with van der Waals surface area (Å²) < 4.78 is 6.05. The van der Waals surface area contributed by atoms with E-state index in [0.717, 1.165) is 63.4 Å². The summed E-state index contributed by atoms with van der Waals surface area (Å²) in [6.07, 6.45) is 3.89. The Hall–Kier alpha value is -2.63. The molecule has 0 unspecified atom stereocenters. The molecule has 1 aromatic heterocycles. The van der Waals surface area contributed by atoms with Crippen LogP contribution in [0.2, 0.25) is 0 Å². The quantitative estimate of drug-likeness (QED) is 0.385. The van der Waals surface area contributed by atoms with Gasteiger partial charge in [0.25, 0.3) is 0 Å². The van der Waals surface area contributed by atoms with Gasteiger partial charge in [0.2, 0.25) is 0 Å². The fourth-order valence-corrected chi connectivity index (χ4v) is 3.97. The van der Waals surface area contributed by atoms with E-state index in [2.05, 4.69) is 64.4 Å². The van der Waals surface area contributed by atoms with Gasteiger partial charge in [-0.3, -0.25) is 9.69 Å². The van der Waals surface area contributed by atoms with E-state index in [0.29, 0.717) is 0 Å². The summed E-state index contributed by atoms with van der Waals surface area (Å²) in [4.78, 5) is 15.3. The normalized spacial score (nSPS) is 11.6. The summed E-state index contributed by atoms with van der Waals surface area (Å²) in [5.41, 5.74) is 1.36. The third-order valence-corrected chi connectivity index (χ3v) is 5.51. The molecule has 166 valence electrons. The Balaban J connectivity index is 1.63. The number of furan rings is 1. The molecule has 0 saturated carbocycles. The molecule has 31 heavy (non-hydrogen) atoms. The van der Waals surface area contributed by atoms with Crippen LogP contribution in [0.25, 0.3) is 10.8 Å². The average molecular weight is 423 g/mol. The van der Waals surface area contributed by atoms with Gasteiger partial charge in [-0.2, -0.15) is 0 Å². The van der Waals surface area contributed by atoms with Crippen molar-refractivity contribution in [2.45, 2.75) is 45.2 Å². The lowest BCUT2D eigenvalue weighted by molar-refractivity contribution is -0.137. The lowest BCUT2D eigenvalue weighted by Gasteiger charge is -2.22. The van der Waals surface area contributed by atoms with E-state index in [1.807, 2.05) is 14.1 Å². The molecular formula is C26H34N2O3. The van der Waals surface area contributed by atoms with Gasteiger partial charge in [-0.1, -0.05) is 48.9 Å². The topological polar surface area (TPSA) is 56.9 Å². The number of unbranched alkanes of at least 4 members (excludes halogenated alkanes) is 2. The van der Waals surface area contributed by atoms with Gasteiger partial charge >= 0.3 is 5.97 Å². The Morgan fingerprint density at radius 1 is 0.871 bits per heavy atom. The van der Waals surface area contributed by atoms with E-state index in [-0.39, 0.29) is 6.42 Å². The first-order chi connectivity index (χ1) is 15.0. The first-order valence-electron chi connectivity index (χ1n) is 11.1. The SMILES string of the molecule is CN(C)Cc1ccc(CN(CCCCCC(=O)O)CCc2cccc3ccccc23)o1. The molecule has 1 heterocycles. The number of fused-ring (bicyclic) bond motifs is 1. The average Bonchev–Trinajstić information content (AvgIpc) is 3.17. The maximum absolute atomic E-state index is 10.8. The first-order valence-corrected chi connectivity index (χ1v) is 11.1. The van der Waals surface area contributed by atoms with Crippen molar-refractivity contribution in [3.05, 3.63) is 71.7 Å². The molecule has 3 aromatic rings. The molecule has 2 aromatic carbocycles. The van der Waals surface area contributed by atoms with Crippen LogP contribution in [-0.2, 0) is 24.3 Å². The maximum atomic E-state index is 10.8. The number of aliphatic carboxylic acids is 1. The minimum Gasteiger partial charge on any atom is -0.481 e. The number of nitrogens with zero attached hydrogens (tertiary/aromatic N) is 2. The van der Waals surface area contributed by atoms with E-state index in [1.165, 1.54) is 16.3 Å². The Morgan fingerprint density at radius 2 is 1.61 bits per heavy atom. The second-order valence-corrected chi connectivity index (χ2v) is 8.47. The standard InChI is InChI=1S/C26H34N2O3/c1-27(2)19-23-14-15-24(31-23)20-28(17-7-3-4-13-26(29)30)18-16-22-11-8-10-21-9-5-6-12-25(21)22/h5-6,8-12,14-15H,3-4,7,13,16-20H2,1-2H3,(H,29,30). The Bertz CT molecular complexity index is 959. The van der Waals surface area contributed by atoms with Gasteiger partial charge in [-0.15, -0.1) is 0 Å². The third-order valence-electron chi connectivity index (χ3n) is 5.51. The molecule has 3 rings (SSSR count). The minimum atomic E-state index is -0.711. The molecule has 1 N–H and O–H groups in total. The molecule has 0 spiro atoms. The lowest BCUT2D eigenvalue weighted by Crippen LogP contribution is -2.27. The highest BCUT2D eigenvalue weighted by Gasteiger charge is 2.11. The zero-order valence-corrected chi connectivity index (χ0v) is 18.7. The Morgan fingerprint density at radius 3 is 2.39 bits per heavy atom. The monoisotopic (exact) mass is 422 g/mol. The van der Waals surface area contributed by atoms with Crippen molar-refractivity contribution in [2.24, 2.45) is 0 Å². The van der Waals surface area contributed by atoms with E-state index >= 15 is 0 Å². The van der Waals surface area contributed by atoms with Crippen molar-refractivity contribution in [3.63, 3.8) is 0 Å². The highest BCUT2D eigenvalue weighted by Crippen LogP contribution is 2.20. The number of carboxylic acids is 1. The van der Waals surface area contributed by atoms with Crippen LogP contribution in [0, 0.1) is 0 Å². The highest BCUT2D eigenvalue weighted by molar-refractivity contribution is 5.85. The van der Waals surface area contributed by atoms with Crippen molar-refractivity contribution in [3.8, 4) is 0 Å². The molecule has 0 bridgehead atoms. The van der Waals surface area contributed by atoms with E-state index in [1.54, 1.807) is 0 Å². The number of carboxylic acid groups (broad SMARTS) is 1. The van der Waals surface area contributed by atoms with Gasteiger partial charge < -0.3 is 14.4 Å². The zero-order valence-electron chi connectivity index (χ0n) is 18.7. The molecule has 0 radical (unpaired) electrons. The van der Waals surface area contributed by atoms with Crippen molar-refractivity contribution < 1.29 is 14.3 Å². The molecule has 5 heteroatoms. The van der Waals surface area contributed by atoms with E-state index in [4.69, 9.17) is 9.52 Å². The molecule has 0 aliphatic rings. The first kappa shape index (κ1) is 23.0. The summed E-state index contributed by atoms with van der Waals surface area (Å²) in [6.45, 7) is 3.45. The van der Waals surface area contributed by atoms with Crippen molar-refractivity contribution >= 4 is 16.7 Å². The second kappa shape index (κ2) is 11.7. The van der Waals surface area contributed by atoms with Gasteiger partial charge in [-0.05, 0) is 68.4 Å². The van der Waals surface area contributed by atoms with Gasteiger partial charge in [0.1, 0.15) is 11.5 Å². The second-order valence-electron chi connectivity index (χ2n) is 8.47. The summed E-state index contributed by atoms with van der Waals surface area (Å²) in [5.74, 6) is 1.26. The van der Waals surface area contributed by atoms with Gasteiger partial charge in [-0.25, -0.2) is 0 Å². The summed E-state index contributed by atoms with van der Waals surface area (Å²) in [7, 11) is 4.08. The fourth-order valence-electron chi connectivity index (χ4n) is 3.97. The number of hydrogen-bond donors (Lipinski definition) is 1. The smallest absolute Gasteiger partial charge is 0.303 e. The van der Waals surface area contributed by atoms with Crippen LogP contribution in [0.15, 0.2) is 59.0 Å². The van der Waals surface area contributed by atoms with Crippen LogP contribution < -0.4 is 0 Å². The Labute approximate surface area is 185 Å². The molecular weight excluding hydrogens is 388 g/mol. The highest BCUT2D eigenvalue weighted by atomic mass is 16.4. The molecule has 0 saturated heterocycles. The van der Waals surface area contributed by atoms with Crippen molar-refractivity contribution in [2.75, 3.05) is 27.2 Å². The van der Waals surface area contributed by atoms with Gasteiger partial charge in [0.15, 0.2) is 0 Å². The number of rotatable bonds is 13. The largest absolute Gasteiger partial charge is 0.481 e. The molecule has 0 aliphatic carbocycles. The number of hydrogen-bond acceptors (Lipinski definition) is 4. The molecule has 0 aliphatic heterocycles. The third kappa shape index (κ3) is 7.53. The van der Waals surface area contributed by atoms with Crippen LogP contribution in [0.4, 0.5) is 0 Å². The fraction of sp³-hybridized carbons (Fsp3) is 0.423. The van der Waals surface area contributed by atoms with E-state index in [9.17, 15) is 4.79 Å². The molecule has 0 amide bonds. The summed E-state index contributed by atoms with van der Waals surface area (Å²) in [6, 6.07) is 19.2. The van der Waals surface area contributed by atoms with Gasteiger partial charge in [0, 0.05) is 13.0 Å². The van der Waals surface area contributed by atoms with Crippen LogP contribution in [0.5, 0.6) is 0 Å². The van der Waals surface area contributed by atoms with Crippen molar-refractivity contribution in [1.29, 1.82) is 0 Å². The zero-order chi connectivity index (χ0) is 22.1. The lowest BCUT2D eigenvalue weighted by atomic mass is 10.0. The van der Waals surface area contributed by atoms with Crippen LogP contribution >= 0.6 is 0 Å². The number of carbonyl (C=O) groups is 1. The summed E-state index contributed by atoms with van der Waals surface area (Å²) in [5, 5.41) is 11.4. The van der Waals surface area contributed by atoms with Crippen LogP contribution in [-0.4, -0.2) is 48.1 Å². The van der Waals surface area contributed by atoms with Crippen LogP contribution in [0.1, 0.15) is 42.8 Å². The minimum absolute atomic E-state index is 0.252. The summed E-state index contributed by atoms with van der Waals surface area (Å²) >= 11 is 0. The van der Waals surface area contributed by atoms with E-state index < -0.39 is 5.97 Å². The number of benzene rings is 2. The van der Waals surface area contributed by atoms with Gasteiger partial charge in [0.05, 0.1) is 13.1 Å². The predicted molar refractivity (Wildman–Crippen MR) is 125 cm³/mol. The molecule has 0 fully saturated rings. The molecule has 0 atom stereocenters. The molecule has 5 nitrogen and oxygen atoms in total. The van der Waals surface area contributed by atoms with Crippen LogP contribution in [0.3, 0.4) is 0 Å². The predicted octanol–water partition coefficient (Wildman–Crippen LogP) is 5.18. The Kier molecular flexibility index (Phi) is 8.68. The van der Waals surface area contributed by atoms with Crippen molar-refractivity contribution in [1.82, 2.24) is 9.80 Å².